The van der Waals surface area contributed by atoms with Crippen molar-refractivity contribution in [3.8, 4) is 0 Å². The number of aromatic nitrogens is 2. The van der Waals surface area contributed by atoms with Crippen molar-refractivity contribution in [3.05, 3.63) is 21.5 Å². The average Bonchev–Trinajstić information content (AvgIpc) is 2.95. The molecule has 1 aromatic rings. The van der Waals surface area contributed by atoms with Crippen LogP contribution in [0.3, 0.4) is 0 Å². The molecule has 0 unspecified atom stereocenters. The standard InChI is InChI=1S/C15H24N4O5S/c1-10(2)7-17(13-5-6-25(23,24)9-13)14(20)8-18-12(4)15(19(21)22)11(3)16-18/h10,13H,5-9H2,1-4H3/t13-/m1/s1. The van der Waals surface area contributed by atoms with Crippen LogP contribution in [0.25, 0.3) is 0 Å². The zero-order valence-corrected chi connectivity index (χ0v) is 15.7. The molecule has 9 nitrogen and oxygen atoms in total. The van der Waals surface area contributed by atoms with E-state index in [4.69, 9.17) is 0 Å². The monoisotopic (exact) mass is 372 g/mol. The first-order valence-electron chi connectivity index (χ1n) is 8.20. The van der Waals surface area contributed by atoms with Gasteiger partial charge in [0, 0.05) is 12.6 Å². The molecule has 1 aromatic heterocycles. The van der Waals surface area contributed by atoms with E-state index in [1.807, 2.05) is 13.8 Å². The SMILES string of the molecule is Cc1nn(CC(=O)N(CC(C)C)[C@@H]2CCS(=O)(=O)C2)c(C)c1[N+](=O)[O-]. The van der Waals surface area contributed by atoms with Gasteiger partial charge in [0.15, 0.2) is 9.84 Å². The number of hydrogen-bond acceptors (Lipinski definition) is 6. The Morgan fingerprint density at radius 1 is 1.44 bits per heavy atom. The highest BCUT2D eigenvalue weighted by Crippen LogP contribution is 2.23. The molecule has 0 radical (unpaired) electrons. The van der Waals surface area contributed by atoms with Gasteiger partial charge < -0.3 is 4.90 Å². The lowest BCUT2D eigenvalue weighted by atomic mass is 10.1. The minimum atomic E-state index is -3.11. The van der Waals surface area contributed by atoms with Crippen molar-refractivity contribution in [3.63, 3.8) is 0 Å². The van der Waals surface area contributed by atoms with E-state index in [0.29, 0.717) is 18.7 Å². The van der Waals surface area contributed by atoms with Gasteiger partial charge in [-0.05, 0) is 26.2 Å². The van der Waals surface area contributed by atoms with E-state index in [1.54, 1.807) is 11.8 Å². The molecule has 1 aliphatic heterocycles. The first kappa shape index (κ1) is 19.4. The summed E-state index contributed by atoms with van der Waals surface area (Å²) in [6, 6.07) is -0.341. The Hall–Kier alpha value is -1.97. The number of carbonyl (C=O) groups excluding carboxylic acids is 1. The summed E-state index contributed by atoms with van der Waals surface area (Å²) in [5, 5.41) is 15.2. The Morgan fingerprint density at radius 3 is 2.52 bits per heavy atom. The molecule has 1 fully saturated rings. The molecular formula is C15H24N4O5S. The van der Waals surface area contributed by atoms with E-state index >= 15 is 0 Å². The zero-order valence-electron chi connectivity index (χ0n) is 14.9. The van der Waals surface area contributed by atoms with Crippen LogP contribution in [0.4, 0.5) is 5.69 Å². The maximum Gasteiger partial charge on any atom is 0.312 e. The second-order valence-corrected chi connectivity index (χ2v) is 9.16. The Bertz CT molecular complexity index is 784. The van der Waals surface area contributed by atoms with Crippen molar-refractivity contribution < 1.29 is 18.1 Å². The lowest BCUT2D eigenvalue weighted by Gasteiger charge is -2.30. The van der Waals surface area contributed by atoms with Crippen LogP contribution in [-0.4, -0.2) is 58.0 Å². The van der Waals surface area contributed by atoms with Crippen LogP contribution < -0.4 is 0 Å². The summed E-state index contributed by atoms with van der Waals surface area (Å²) in [5.41, 5.74) is 0.486. The first-order valence-corrected chi connectivity index (χ1v) is 10.0. The maximum absolute atomic E-state index is 12.8. The third-order valence-corrected chi connectivity index (χ3v) is 6.09. The number of nitro groups is 1. The van der Waals surface area contributed by atoms with E-state index in [1.165, 1.54) is 11.6 Å². The summed E-state index contributed by atoms with van der Waals surface area (Å²) >= 11 is 0. The molecule has 10 heteroatoms. The first-order chi connectivity index (χ1) is 11.5. The molecule has 0 aliphatic carbocycles. The van der Waals surface area contributed by atoms with Crippen molar-refractivity contribution in [2.24, 2.45) is 5.92 Å². The molecule has 0 spiro atoms. The second kappa shape index (κ2) is 7.11. The quantitative estimate of drug-likeness (QED) is 0.545. The van der Waals surface area contributed by atoms with Gasteiger partial charge in [-0.25, -0.2) is 8.42 Å². The van der Waals surface area contributed by atoms with Gasteiger partial charge in [-0.3, -0.25) is 19.6 Å². The summed E-state index contributed by atoms with van der Waals surface area (Å²) in [4.78, 5) is 25.0. The topological polar surface area (TPSA) is 115 Å². The molecule has 25 heavy (non-hydrogen) atoms. The van der Waals surface area contributed by atoms with Crippen LogP contribution in [-0.2, 0) is 21.2 Å². The van der Waals surface area contributed by atoms with Crippen LogP contribution in [0, 0.1) is 29.9 Å². The van der Waals surface area contributed by atoms with E-state index in [-0.39, 0.29) is 47.3 Å². The molecule has 0 N–H and O–H groups in total. The van der Waals surface area contributed by atoms with Gasteiger partial charge in [-0.15, -0.1) is 0 Å². The molecule has 2 rings (SSSR count). The summed E-state index contributed by atoms with van der Waals surface area (Å²) in [6.45, 7) is 7.31. The van der Waals surface area contributed by atoms with Crippen molar-refractivity contribution in [2.75, 3.05) is 18.1 Å². The predicted molar refractivity (Wildman–Crippen MR) is 92.0 cm³/mol. The molecular weight excluding hydrogens is 348 g/mol. The van der Waals surface area contributed by atoms with E-state index in [9.17, 15) is 23.3 Å². The van der Waals surface area contributed by atoms with Crippen molar-refractivity contribution in [1.82, 2.24) is 14.7 Å². The number of carbonyl (C=O) groups is 1. The summed E-state index contributed by atoms with van der Waals surface area (Å²) in [5.74, 6) is -0.0217. The molecule has 1 aliphatic rings. The molecule has 1 amide bonds. The fourth-order valence-electron chi connectivity index (χ4n) is 3.19. The van der Waals surface area contributed by atoms with Gasteiger partial charge in [-0.2, -0.15) is 5.10 Å². The van der Waals surface area contributed by atoms with Crippen LogP contribution in [0.1, 0.15) is 31.7 Å². The number of hydrogen-bond donors (Lipinski definition) is 0. The number of rotatable bonds is 6. The minimum Gasteiger partial charge on any atom is -0.337 e. The minimum absolute atomic E-state index is 0.0251. The molecule has 1 atom stereocenters. The van der Waals surface area contributed by atoms with Crippen molar-refractivity contribution in [1.29, 1.82) is 0 Å². The Morgan fingerprint density at radius 2 is 2.08 bits per heavy atom. The van der Waals surface area contributed by atoms with Crippen molar-refractivity contribution >= 4 is 21.4 Å². The van der Waals surface area contributed by atoms with Gasteiger partial charge in [0.1, 0.15) is 17.9 Å². The van der Waals surface area contributed by atoms with Crippen LogP contribution in [0.5, 0.6) is 0 Å². The predicted octanol–water partition coefficient (Wildman–Crippen LogP) is 1.08. The highest BCUT2D eigenvalue weighted by Gasteiger charge is 2.35. The lowest BCUT2D eigenvalue weighted by Crippen LogP contribution is -2.45. The normalized spacial score (nSPS) is 19.3. The average molecular weight is 372 g/mol. The van der Waals surface area contributed by atoms with Gasteiger partial charge in [-0.1, -0.05) is 13.8 Å². The Balaban J connectivity index is 2.23. The third-order valence-electron chi connectivity index (χ3n) is 4.34. The molecule has 0 aromatic carbocycles. The van der Waals surface area contributed by atoms with Crippen LogP contribution in [0.15, 0.2) is 0 Å². The zero-order chi connectivity index (χ0) is 18.9. The second-order valence-electron chi connectivity index (χ2n) is 6.93. The molecule has 1 saturated heterocycles. The number of aryl methyl sites for hydroxylation is 1. The van der Waals surface area contributed by atoms with E-state index in [2.05, 4.69) is 5.10 Å². The largest absolute Gasteiger partial charge is 0.337 e. The van der Waals surface area contributed by atoms with E-state index < -0.39 is 14.8 Å². The van der Waals surface area contributed by atoms with Crippen LogP contribution in [0.2, 0.25) is 0 Å². The summed E-state index contributed by atoms with van der Waals surface area (Å²) < 4.78 is 24.8. The fraction of sp³-hybridized carbons (Fsp3) is 0.733. The van der Waals surface area contributed by atoms with E-state index in [0.717, 1.165) is 0 Å². The molecule has 2 heterocycles. The highest BCUT2D eigenvalue weighted by atomic mass is 32.2. The Labute approximate surface area is 147 Å². The molecule has 140 valence electrons. The lowest BCUT2D eigenvalue weighted by molar-refractivity contribution is -0.386. The van der Waals surface area contributed by atoms with Crippen molar-refractivity contribution in [2.45, 2.75) is 46.7 Å². The number of sulfone groups is 1. The maximum atomic E-state index is 12.8. The third kappa shape index (κ3) is 4.36. The summed E-state index contributed by atoms with van der Waals surface area (Å²) in [6.07, 6.45) is 0.429. The smallest absolute Gasteiger partial charge is 0.312 e. The fourth-order valence-corrected chi connectivity index (χ4v) is 4.92. The van der Waals surface area contributed by atoms with Gasteiger partial charge in [0.2, 0.25) is 5.91 Å². The summed E-state index contributed by atoms with van der Waals surface area (Å²) in [7, 11) is -3.11. The van der Waals surface area contributed by atoms with Gasteiger partial charge >= 0.3 is 5.69 Å². The van der Waals surface area contributed by atoms with Crippen LogP contribution >= 0.6 is 0 Å². The number of nitrogens with zero attached hydrogens (tertiary/aromatic N) is 4. The number of amides is 1. The van der Waals surface area contributed by atoms with Gasteiger partial charge in [0.05, 0.1) is 16.4 Å². The Kier molecular flexibility index (Phi) is 5.50. The van der Waals surface area contributed by atoms with Gasteiger partial charge in [0.25, 0.3) is 0 Å². The molecule has 0 bridgehead atoms. The molecule has 0 saturated carbocycles. The highest BCUT2D eigenvalue weighted by molar-refractivity contribution is 7.91.